The lowest BCUT2D eigenvalue weighted by Gasteiger charge is -2.28. The van der Waals surface area contributed by atoms with E-state index >= 15 is 0 Å². The number of allylic oxidation sites excluding steroid dienone is 6. The summed E-state index contributed by atoms with van der Waals surface area (Å²) in [5.74, 6) is -0.334. The number of likely N-dealkylation sites (N-methyl/N-ethyl adjacent to an activating group) is 1. The van der Waals surface area contributed by atoms with Gasteiger partial charge in [-0.1, -0.05) is 204 Å². The molecule has 0 spiro atoms. The third-order valence-corrected chi connectivity index (χ3v) is 12.6. The second-order valence-electron chi connectivity index (χ2n) is 19.2. The highest BCUT2D eigenvalue weighted by molar-refractivity contribution is 7.45. The second-order valence-corrected chi connectivity index (χ2v) is 20.6. The topological polar surface area (TPSA) is 94.1 Å². The van der Waals surface area contributed by atoms with Crippen LogP contribution in [0.15, 0.2) is 36.5 Å². The van der Waals surface area contributed by atoms with Crippen molar-refractivity contribution in [3.63, 3.8) is 0 Å². The number of phosphoric acid groups is 1. The number of quaternary nitrogens is 1. The van der Waals surface area contributed by atoms with Gasteiger partial charge in [0, 0.05) is 13.0 Å². The zero-order chi connectivity index (χ0) is 46.2. The molecule has 0 aliphatic rings. The van der Waals surface area contributed by atoms with Gasteiger partial charge >= 0.3 is 5.97 Å². The number of hydrogen-bond acceptors (Lipinski definition) is 7. The van der Waals surface area contributed by atoms with Crippen molar-refractivity contribution < 1.29 is 37.3 Å². The predicted octanol–water partition coefficient (Wildman–Crippen LogP) is 15.9. The highest BCUT2D eigenvalue weighted by Gasteiger charge is 2.20. The van der Waals surface area contributed by atoms with Gasteiger partial charge in [0.25, 0.3) is 7.82 Å². The maximum Gasteiger partial charge on any atom is 0.306 e. The van der Waals surface area contributed by atoms with Crippen LogP contribution in [0.3, 0.4) is 0 Å². The molecule has 0 N–H and O–H groups in total. The molecule has 0 aliphatic carbocycles. The minimum atomic E-state index is -4.53. The van der Waals surface area contributed by atoms with Crippen molar-refractivity contribution in [1.82, 2.24) is 0 Å². The first kappa shape index (κ1) is 61.7. The monoisotopic (exact) mass is 910 g/mol. The number of rotatable bonds is 50. The fourth-order valence-electron chi connectivity index (χ4n) is 7.51. The maximum absolute atomic E-state index is 12.8. The number of carbonyl (C=O) groups is 1. The fraction of sp³-hybridized carbons (Fsp3) is 0.870. The molecule has 0 saturated carbocycles. The van der Waals surface area contributed by atoms with Gasteiger partial charge in [0.05, 0.1) is 34.4 Å². The molecular weight excluding hydrogens is 806 g/mol. The number of nitrogens with zero attached hydrogens (tertiary/aromatic N) is 1. The van der Waals surface area contributed by atoms with Gasteiger partial charge in [-0.15, -0.1) is 0 Å². The van der Waals surface area contributed by atoms with Crippen molar-refractivity contribution in [2.45, 2.75) is 251 Å². The summed E-state index contributed by atoms with van der Waals surface area (Å²) in [6, 6.07) is 0. The maximum atomic E-state index is 12.8. The summed E-state index contributed by atoms with van der Waals surface area (Å²) in [6.45, 7) is 5.43. The van der Waals surface area contributed by atoms with Crippen LogP contribution < -0.4 is 4.89 Å². The largest absolute Gasteiger partial charge is 0.756 e. The van der Waals surface area contributed by atoms with Crippen molar-refractivity contribution >= 4 is 13.8 Å². The van der Waals surface area contributed by atoms with Gasteiger partial charge in [-0.3, -0.25) is 9.36 Å². The molecule has 372 valence electrons. The Labute approximate surface area is 391 Å². The van der Waals surface area contributed by atoms with Gasteiger partial charge in [-0.05, 0) is 70.6 Å². The number of ether oxygens (including phenoxy) is 2. The molecule has 0 aromatic carbocycles. The van der Waals surface area contributed by atoms with Crippen molar-refractivity contribution in [3.05, 3.63) is 36.5 Å². The summed E-state index contributed by atoms with van der Waals surface area (Å²) in [5.41, 5.74) is 0. The molecule has 63 heavy (non-hydrogen) atoms. The Morgan fingerprint density at radius 1 is 0.492 bits per heavy atom. The van der Waals surface area contributed by atoms with Gasteiger partial charge in [0.1, 0.15) is 19.3 Å². The Morgan fingerprint density at radius 3 is 1.30 bits per heavy atom. The Hall–Kier alpha value is -1.28. The van der Waals surface area contributed by atoms with Crippen LogP contribution >= 0.6 is 7.82 Å². The van der Waals surface area contributed by atoms with Gasteiger partial charge in [0.15, 0.2) is 0 Å². The van der Waals surface area contributed by atoms with Crippen molar-refractivity contribution in [2.24, 2.45) is 0 Å². The highest BCUT2D eigenvalue weighted by Crippen LogP contribution is 2.38. The van der Waals surface area contributed by atoms with E-state index in [1.165, 1.54) is 186 Å². The average molecular weight is 910 g/mol. The van der Waals surface area contributed by atoms with Crippen LogP contribution in [0.25, 0.3) is 0 Å². The third kappa shape index (κ3) is 51.6. The molecule has 2 unspecified atom stereocenters. The number of hydrogen-bond donors (Lipinski definition) is 0. The van der Waals surface area contributed by atoms with Gasteiger partial charge in [0.2, 0.25) is 0 Å². The van der Waals surface area contributed by atoms with E-state index in [0.717, 1.165) is 38.5 Å². The summed E-state index contributed by atoms with van der Waals surface area (Å²) in [4.78, 5) is 25.2. The summed E-state index contributed by atoms with van der Waals surface area (Å²) >= 11 is 0. The standard InChI is InChI=1S/C54H104NO7P/c1-6-8-10-12-14-16-18-20-22-24-26-27-28-30-32-34-36-38-40-42-44-46-49-59-51-53(52-61-63(57,58)60-50-48-55(3,4)5)62-54(56)47-45-43-41-39-37-35-33-31-29-25-23-21-19-17-15-13-11-9-7-2/h18,20-21,23-24,26,53H,6-17,19,22,25,27-52H2,1-5H3/b20-18-,23-21-,26-24-. The predicted molar refractivity (Wildman–Crippen MR) is 268 cm³/mol. The van der Waals surface area contributed by atoms with Crippen LogP contribution in [-0.4, -0.2) is 70.7 Å². The lowest BCUT2D eigenvalue weighted by molar-refractivity contribution is -0.870. The van der Waals surface area contributed by atoms with Gasteiger partial charge < -0.3 is 27.9 Å². The van der Waals surface area contributed by atoms with Crippen LogP contribution in [0.2, 0.25) is 0 Å². The van der Waals surface area contributed by atoms with Crippen LogP contribution in [0.5, 0.6) is 0 Å². The Balaban J connectivity index is 4.12. The minimum Gasteiger partial charge on any atom is -0.756 e. The number of esters is 1. The van der Waals surface area contributed by atoms with E-state index in [1.54, 1.807) is 0 Å². The molecule has 0 fully saturated rings. The van der Waals surface area contributed by atoms with E-state index in [0.29, 0.717) is 24.1 Å². The summed E-state index contributed by atoms with van der Waals surface area (Å²) in [5, 5.41) is 0. The SMILES string of the molecule is CCCCCCC/C=C\C/C=C\CCCCCCCCCCCCOCC(COP(=O)([O-])OCC[N+](C)(C)C)OC(=O)CCCCCCCCCCC/C=C\CCCCCCCC. The van der Waals surface area contributed by atoms with E-state index < -0.39 is 13.9 Å². The van der Waals surface area contributed by atoms with Gasteiger partial charge in [-0.2, -0.15) is 0 Å². The first-order valence-electron chi connectivity index (χ1n) is 26.7. The normalized spacial score (nSPS) is 13.8. The van der Waals surface area contributed by atoms with E-state index in [2.05, 4.69) is 50.3 Å². The molecule has 0 saturated heterocycles. The molecule has 0 rings (SSSR count). The van der Waals surface area contributed by atoms with Crippen LogP contribution in [0.4, 0.5) is 0 Å². The number of carbonyl (C=O) groups excluding carboxylic acids is 1. The molecular formula is C54H104NO7P. The Morgan fingerprint density at radius 2 is 0.873 bits per heavy atom. The minimum absolute atomic E-state index is 0.0257. The summed E-state index contributed by atoms with van der Waals surface area (Å²) in [6.07, 6.45) is 57.4. The van der Waals surface area contributed by atoms with Crippen molar-refractivity contribution in [3.8, 4) is 0 Å². The Kier molecular flexibility index (Phi) is 46.3. The average Bonchev–Trinajstić information content (AvgIpc) is 3.24. The number of unbranched alkanes of at least 4 members (excludes halogenated alkanes) is 30. The molecule has 0 aromatic heterocycles. The van der Waals surface area contributed by atoms with Crippen LogP contribution in [-0.2, 0) is 27.9 Å². The molecule has 2 atom stereocenters. The van der Waals surface area contributed by atoms with E-state index in [-0.39, 0.29) is 25.8 Å². The van der Waals surface area contributed by atoms with Crippen LogP contribution in [0.1, 0.15) is 245 Å². The first-order valence-corrected chi connectivity index (χ1v) is 28.2. The Bertz CT molecular complexity index is 1100. The van der Waals surface area contributed by atoms with Crippen molar-refractivity contribution in [1.29, 1.82) is 0 Å². The van der Waals surface area contributed by atoms with E-state index in [1.807, 2.05) is 21.1 Å². The lowest BCUT2D eigenvalue weighted by Crippen LogP contribution is -2.37. The molecule has 0 heterocycles. The first-order chi connectivity index (χ1) is 30.6. The van der Waals surface area contributed by atoms with Crippen LogP contribution in [0, 0.1) is 0 Å². The lowest BCUT2D eigenvalue weighted by atomic mass is 10.1. The highest BCUT2D eigenvalue weighted by atomic mass is 31.2. The van der Waals surface area contributed by atoms with Crippen molar-refractivity contribution in [2.75, 3.05) is 54.1 Å². The molecule has 0 aliphatic heterocycles. The zero-order valence-electron chi connectivity index (χ0n) is 42.3. The van der Waals surface area contributed by atoms with E-state index in [9.17, 15) is 14.3 Å². The molecule has 9 heteroatoms. The second kappa shape index (κ2) is 47.2. The quantitative estimate of drug-likeness (QED) is 0.0197. The molecule has 0 amide bonds. The third-order valence-electron chi connectivity index (χ3n) is 11.7. The van der Waals surface area contributed by atoms with Gasteiger partial charge in [-0.25, -0.2) is 0 Å². The molecule has 0 aromatic rings. The summed E-state index contributed by atoms with van der Waals surface area (Å²) in [7, 11) is 1.36. The smallest absolute Gasteiger partial charge is 0.306 e. The fourth-order valence-corrected chi connectivity index (χ4v) is 8.24. The summed E-state index contributed by atoms with van der Waals surface area (Å²) < 4.78 is 34.8. The molecule has 8 nitrogen and oxygen atoms in total. The molecule has 0 radical (unpaired) electrons. The molecule has 0 bridgehead atoms. The zero-order valence-corrected chi connectivity index (χ0v) is 43.2. The van der Waals surface area contributed by atoms with E-state index in [4.69, 9.17) is 18.5 Å². The number of phosphoric ester groups is 1.